The van der Waals surface area contributed by atoms with Crippen molar-refractivity contribution >= 4 is 11.6 Å². The summed E-state index contributed by atoms with van der Waals surface area (Å²) in [6, 6.07) is 11.4. The van der Waals surface area contributed by atoms with E-state index in [-0.39, 0.29) is 6.04 Å². The highest BCUT2D eigenvalue weighted by Gasteiger charge is 2.15. The number of ether oxygens (including phenoxy) is 2. The first-order chi connectivity index (χ1) is 10.0. The molecule has 1 unspecified atom stereocenters. The number of halogens is 1. The Labute approximate surface area is 130 Å². The van der Waals surface area contributed by atoms with Gasteiger partial charge in [-0.25, -0.2) is 0 Å². The van der Waals surface area contributed by atoms with E-state index >= 15 is 0 Å². The first kappa shape index (κ1) is 15.7. The van der Waals surface area contributed by atoms with Gasteiger partial charge in [0, 0.05) is 16.6 Å². The summed E-state index contributed by atoms with van der Waals surface area (Å²) in [6.07, 6.45) is 0.629. The highest BCUT2D eigenvalue weighted by Crippen LogP contribution is 2.31. The van der Waals surface area contributed by atoms with Crippen LogP contribution in [0.3, 0.4) is 0 Å². The van der Waals surface area contributed by atoms with Crippen molar-refractivity contribution in [2.24, 2.45) is 5.73 Å². The first-order valence-corrected chi connectivity index (χ1v) is 7.15. The van der Waals surface area contributed by atoms with Gasteiger partial charge in [0.1, 0.15) is 11.5 Å². The number of hydrogen-bond donors (Lipinski definition) is 1. The van der Waals surface area contributed by atoms with Crippen molar-refractivity contribution in [3.8, 4) is 11.5 Å². The molecule has 0 aliphatic carbocycles. The first-order valence-electron chi connectivity index (χ1n) is 6.77. The number of benzene rings is 2. The van der Waals surface area contributed by atoms with Crippen LogP contribution in [-0.2, 0) is 6.42 Å². The number of methoxy groups -OCH3 is 2. The van der Waals surface area contributed by atoms with Crippen LogP contribution in [-0.4, -0.2) is 14.2 Å². The molecule has 0 fully saturated rings. The third kappa shape index (κ3) is 3.69. The van der Waals surface area contributed by atoms with Crippen LogP contribution >= 0.6 is 11.6 Å². The third-order valence-corrected chi connectivity index (χ3v) is 3.70. The van der Waals surface area contributed by atoms with Crippen LogP contribution in [0.4, 0.5) is 0 Å². The minimum absolute atomic E-state index is 0.188. The van der Waals surface area contributed by atoms with E-state index in [1.807, 2.05) is 37.3 Å². The van der Waals surface area contributed by atoms with E-state index in [9.17, 15) is 0 Å². The van der Waals surface area contributed by atoms with Gasteiger partial charge < -0.3 is 15.2 Å². The smallest absolute Gasteiger partial charge is 0.123 e. The molecule has 0 aliphatic heterocycles. The van der Waals surface area contributed by atoms with E-state index in [4.69, 9.17) is 26.8 Å². The second-order valence-corrected chi connectivity index (χ2v) is 5.45. The fourth-order valence-electron chi connectivity index (χ4n) is 2.40. The highest BCUT2D eigenvalue weighted by molar-refractivity contribution is 6.30. The van der Waals surface area contributed by atoms with Gasteiger partial charge in [-0.1, -0.05) is 29.3 Å². The average molecular weight is 306 g/mol. The topological polar surface area (TPSA) is 44.5 Å². The summed E-state index contributed by atoms with van der Waals surface area (Å²) < 4.78 is 10.8. The zero-order valence-electron chi connectivity index (χ0n) is 12.5. The van der Waals surface area contributed by atoms with Gasteiger partial charge in [-0.2, -0.15) is 0 Å². The fourth-order valence-corrected chi connectivity index (χ4v) is 2.59. The lowest BCUT2D eigenvalue weighted by molar-refractivity contribution is 0.400. The van der Waals surface area contributed by atoms with E-state index in [2.05, 4.69) is 6.07 Å². The Balaban J connectivity index is 2.31. The largest absolute Gasteiger partial charge is 0.496 e. The summed E-state index contributed by atoms with van der Waals surface area (Å²) >= 11 is 6.07. The van der Waals surface area contributed by atoms with Gasteiger partial charge in [-0.3, -0.25) is 0 Å². The van der Waals surface area contributed by atoms with Gasteiger partial charge in [0.15, 0.2) is 0 Å². The standard InChI is InChI=1S/C17H20ClNO2/c1-11-4-6-17(21-3)14(8-11)15(19)10-12-9-13(18)5-7-16(12)20-2/h4-9,15H,10,19H2,1-3H3. The van der Waals surface area contributed by atoms with Crippen LogP contribution in [0, 0.1) is 6.92 Å². The summed E-state index contributed by atoms with van der Waals surface area (Å²) in [5, 5.41) is 0.675. The van der Waals surface area contributed by atoms with Gasteiger partial charge in [0.25, 0.3) is 0 Å². The van der Waals surface area contributed by atoms with Crippen molar-refractivity contribution in [3.05, 3.63) is 58.1 Å². The van der Waals surface area contributed by atoms with Gasteiger partial charge in [0.05, 0.1) is 14.2 Å². The lowest BCUT2D eigenvalue weighted by Crippen LogP contribution is -2.15. The number of aryl methyl sites for hydroxylation is 1. The fraction of sp³-hybridized carbons (Fsp3) is 0.294. The molecule has 0 radical (unpaired) electrons. The van der Waals surface area contributed by atoms with Gasteiger partial charge in [0.2, 0.25) is 0 Å². The molecule has 0 saturated carbocycles. The molecule has 0 saturated heterocycles. The van der Waals surface area contributed by atoms with E-state index in [1.54, 1.807) is 14.2 Å². The van der Waals surface area contributed by atoms with E-state index < -0.39 is 0 Å². The summed E-state index contributed by atoms with van der Waals surface area (Å²) in [7, 11) is 3.30. The molecule has 21 heavy (non-hydrogen) atoms. The van der Waals surface area contributed by atoms with Crippen molar-refractivity contribution in [2.75, 3.05) is 14.2 Å². The van der Waals surface area contributed by atoms with Crippen LogP contribution in [0.15, 0.2) is 36.4 Å². The number of nitrogens with two attached hydrogens (primary N) is 1. The molecule has 1 atom stereocenters. The lowest BCUT2D eigenvalue weighted by Gasteiger charge is -2.18. The number of hydrogen-bond acceptors (Lipinski definition) is 3. The van der Waals surface area contributed by atoms with Crippen LogP contribution < -0.4 is 15.2 Å². The molecule has 0 amide bonds. The minimum atomic E-state index is -0.188. The molecule has 112 valence electrons. The maximum Gasteiger partial charge on any atom is 0.123 e. The minimum Gasteiger partial charge on any atom is -0.496 e. The Hall–Kier alpha value is -1.71. The molecular weight excluding hydrogens is 286 g/mol. The van der Waals surface area contributed by atoms with Crippen LogP contribution in [0.2, 0.25) is 5.02 Å². The monoisotopic (exact) mass is 305 g/mol. The highest BCUT2D eigenvalue weighted by atomic mass is 35.5. The SMILES string of the molecule is COc1ccc(Cl)cc1CC(N)c1cc(C)ccc1OC. The van der Waals surface area contributed by atoms with E-state index in [0.29, 0.717) is 11.4 Å². The summed E-state index contributed by atoms with van der Waals surface area (Å²) in [4.78, 5) is 0. The second-order valence-electron chi connectivity index (χ2n) is 5.01. The Morgan fingerprint density at radius 3 is 2.38 bits per heavy atom. The van der Waals surface area contributed by atoms with Crippen molar-refractivity contribution in [1.82, 2.24) is 0 Å². The molecule has 3 nitrogen and oxygen atoms in total. The molecule has 0 heterocycles. The molecule has 2 aromatic carbocycles. The Kier molecular flexibility index (Phi) is 5.10. The van der Waals surface area contributed by atoms with Crippen molar-refractivity contribution in [1.29, 1.82) is 0 Å². The molecule has 4 heteroatoms. The molecule has 2 aromatic rings. The normalized spacial score (nSPS) is 12.0. The average Bonchev–Trinajstić information content (AvgIpc) is 2.47. The van der Waals surface area contributed by atoms with Crippen molar-refractivity contribution in [3.63, 3.8) is 0 Å². The Bertz CT molecular complexity index is 628. The molecule has 2 rings (SSSR count). The van der Waals surface area contributed by atoms with Crippen LogP contribution in [0.25, 0.3) is 0 Å². The zero-order valence-corrected chi connectivity index (χ0v) is 13.3. The van der Waals surface area contributed by atoms with Crippen molar-refractivity contribution < 1.29 is 9.47 Å². The van der Waals surface area contributed by atoms with E-state index in [0.717, 1.165) is 28.2 Å². The third-order valence-electron chi connectivity index (χ3n) is 3.47. The quantitative estimate of drug-likeness (QED) is 0.911. The predicted molar refractivity (Wildman–Crippen MR) is 86.4 cm³/mol. The molecule has 0 aromatic heterocycles. The van der Waals surface area contributed by atoms with Crippen LogP contribution in [0.5, 0.6) is 11.5 Å². The predicted octanol–water partition coefficient (Wildman–Crippen LogP) is 3.91. The lowest BCUT2D eigenvalue weighted by atomic mass is 9.97. The van der Waals surface area contributed by atoms with Gasteiger partial charge in [-0.05, 0) is 43.2 Å². The summed E-state index contributed by atoms with van der Waals surface area (Å²) in [6.45, 7) is 2.04. The van der Waals surface area contributed by atoms with E-state index in [1.165, 1.54) is 0 Å². The van der Waals surface area contributed by atoms with Crippen molar-refractivity contribution in [2.45, 2.75) is 19.4 Å². The molecule has 0 aliphatic rings. The molecular formula is C17H20ClNO2. The van der Waals surface area contributed by atoms with Gasteiger partial charge >= 0.3 is 0 Å². The maximum atomic E-state index is 6.37. The number of rotatable bonds is 5. The summed E-state index contributed by atoms with van der Waals surface area (Å²) in [5.74, 6) is 1.59. The second kappa shape index (κ2) is 6.83. The van der Waals surface area contributed by atoms with Gasteiger partial charge in [-0.15, -0.1) is 0 Å². The maximum absolute atomic E-state index is 6.37. The Morgan fingerprint density at radius 1 is 1.05 bits per heavy atom. The summed E-state index contributed by atoms with van der Waals surface area (Å²) in [5.41, 5.74) is 9.49. The molecule has 0 bridgehead atoms. The molecule has 2 N–H and O–H groups in total. The zero-order chi connectivity index (χ0) is 15.4. The molecule has 0 spiro atoms. The Morgan fingerprint density at radius 2 is 1.71 bits per heavy atom. The van der Waals surface area contributed by atoms with Crippen LogP contribution in [0.1, 0.15) is 22.7 Å².